The molecule has 0 bridgehead atoms. The van der Waals surface area contributed by atoms with Crippen LogP contribution in [0, 0.1) is 0 Å². The highest BCUT2D eigenvalue weighted by Gasteiger charge is 2.30. The van der Waals surface area contributed by atoms with Crippen molar-refractivity contribution in [3.05, 3.63) is 0 Å². The van der Waals surface area contributed by atoms with E-state index in [1.165, 1.54) is 0 Å². The minimum atomic E-state index is -0.949. The van der Waals surface area contributed by atoms with Crippen molar-refractivity contribution in [3.8, 4) is 0 Å². The van der Waals surface area contributed by atoms with Crippen LogP contribution in [0.25, 0.3) is 0 Å². The second-order valence-corrected chi connectivity index (χ2v) is 4.52. The molecule has 1 saturated heterocycles. The molecule has 0 spiro atoms. The van der Waals surface area contributed by atoms with Crippen LogP contribution >= 0.6 is 0 Å². The summed E-state index contributed by atoms with van der Waals surface area (Å²) in [6, 6.07) is 0. The van der Waals surface area contributed by atoms with Crippen LogP contribution < -0.4 is 11.5 Å². The number of piperidine rings is 1. The highest BCUT2D eigenvalue weighted by atomic mass is 16.5. The molecule has 1 aliphatic rings. The Balaban J connectivity index is 2.47. The summed E-state index contributed by atoms with van der Waals surface area (Å²) in [6.45, 7) is 3.96. The molecule has 1 heterocycles. The predicted molar refractivity (Wildman–Crippen MR) is 58.3 cm³/mol. The number of likely N-dealkylation sites (tertiary alicyclic amines) is 1. The first-order valence-corrected chi connectivity index (χ1v) is 5.29. The molecule has 4 N–H and O–H groups in total. The van der Waals surface area contributed by atoms with E-state index in [0.717, 1.165) is 25.9 Å². The van der Waals surface area contributed by atoms with Crippen LogP contribution in [-0.2, 0) is 9.53 Å². The third kappa shape index (κ3) is 3.44. The summed E-state index contributed by atoms with van der Waals surface area (Å²) in [5, 5.41) is 0. The zero-order chi connectivity index (χ0) is 11.5. The molecule has 0 aromatic carbocycles. The average Bonchev–Trinajstić information content (AvgIpc) is 2.17. The van der Waals surface area contributed by atoms with Crippen LogP contribution in [0.1, 0.15) is 19.8 Å². The first kappa shape index (κ1) is 12.4. The highest BCUT2D eigenvalue weighted by Crippen LogP contribution is 2.14. The lowest BCUT2D eigenvalue weighted by molar-refractivity contribution is -0.123. The SMILES string of the molecule is COC1CCCN(CC(C)(N)C(N)=O)C1. The fourth-order valence-electron chi connectivity index (χ4n) is 1.89. The van der Waals surface area contributed by atoms with Gasteiger partial charge in [-0.3, -0.25) is 9.69 Å². The smallest absolute Gasteiger partial charge is 0.238 e. The maximum absolute atomic E-state index is 11.1. The molecule has 2 unspecified atom stereocenters. The zero-order valence-electron chi connectivity index (χ0n) is 9.53. The number of carbonyl (C=O) groups is 1. The van der Waals surface area contributed by atoms with Gasteiger partial charge in [0, 0.05) is 20.2 Å². The molecule has 2 atom stereocenters. The molecule has 5 nitrogen and oxygen atoms in total. The summed E-state index contributed by atoms with van der Waals surface area (Å²) in [4.78, 5) is 13.2. The van der Waals surface area contributed by atoms with Gasteiger partial charge < -0.3 is 16.2 Å². The van der Waals surface area contributed by atoms with Crippen molar-refractivity contribution in [2.45, 2.75) is 31.4 Å². The molecule has 1 amide bonds. The van der Waals surface area contributed by atoms with Gasteiger partial charge in [-0.1, -0.05) is 0 Å². The minimum absolute atomic E-state index is 0.252. The van der Waals surface area contributed by atoms with Gasteiger partial charge in [-0.05, 0) is 26.3 Å². The van der Waals surface area contributed by atoms with Gasteiger partial charge in [0.25, 0.3) is 0 Å². The molecular weight excluding hydrogens is 194 g/mol. The van der Waals surface area contributed by atoms with Crippen LogP contribution in [-0.4, -0.2) is 49.2 Å². The van der Waals surface area contributed by atoms with Crippen molar-refractivity contribution < 1.29 is 9.53 Å². The molecule has 88 valence electrons. The van der Waals surface area contributed by atoms with E-state index in [1.807, 2.05) is 0 Å². The van der Waals surface area contributed by atoms with Crippen molar-refractivity contribution in [2.75, 3.05) is 26.7 Å². The summed E-state index contributed by atoms with van der Waals surface area (Å²) < 4.78 is 5.30. The number of rotatable bonds is 4. The van der Waals surface area contributed by atoms with Crippen molar-refractivity contribution in [1.82, 2.24) is 4.90 Å². The summed E-state index contributed by atoms with van der Waals surface area (Å²) in [5.74, 6) is -0.456. The maximum atomic E-state index is 11.1. The largest absolute Gasteiger partial charge is 0.380 e. The monoisotopic (exact) mass is 215 g/mol. The Hall–Kier alpha value is -0.650. The van der Waals surface area contributed by atoms with E-state index >= 15 is 0 Å². The number of carbonyl (C=O) groups excluding carboxylic acids is 1. The van der Waals surface area contributed by atoms with E-state index < -0.39 is 11.4 Å². The van der Waals surface area contributed by atoms with Gasteiger partial charge in [0.05, 0.1) is 6.10 Å². The molecule has 0 aromatic heterocycles. The number of nitrogens with two attached hydrogens (primary N) is 2. The van der Waals surface area contributed by atoms with Crippen LogP contribution in [0.15, 0.2) is 0 Å². The van der Waals surface area contributed by atoms with E-state index in [0.29, 0.717) is 6.54 Å². The number of hydrogen-bond acceptors (Lipinski definition) is 4. The van der Waals surface area contributed by atoms with Gasteiger partial charge in [0.1, 0.15) is 5.54 Å². The topological polar surface area (TPSA) is 81.6 Å². The molecule has 0 radical (unpaired) electrons. The third-order valence-electron chi connectivity index (χ3n) is 2.91. The molecule has 0 aliphatic carbocycles. The molecule has 5 heteroatoms. The number of methoxy groups -OCH3 is 1. The molecule has 1 aliphatic heterocycles. The van der Waals surface area contributed by atoms with Gasteiger partial charge >= 0.3 is 0 Å². The molecule has 15 heavy (non-hydrogen) atoms. The Morgan fingerprint density at radius 1 is 1.67 bits per heavy atom. The number of nitrogens with zero attached hydrogens (tertiary/aromatic N) is 1. The lowest BCUT2D eigenvalue weighted by Gasteiger charge is -2.35. The quantitative estimate of drug-likeness (QED) is 0.649. The van der Waals surface area contributed by atoms with E-state index in [4.69, 9.17) is 16.2 Å². The van der Waals surface area contributed by atoms with Crippen molar-refractivity contribution >= 4 is 5.91 Å². The molecule has 1 rings (SSSR count). The van der Waals surface area contributed by atoms with Gasteiger partial charge in [-0.15, -0.1) is 0 Å². The maximum Gasteiger partial charge on any atom is 0.238 e. The summed E-state index contributed by atoms with van der Waals surface area (Å²) >= 11 is 0. The van der Waals surface area contributed by atoms with Gasteiger partial charge in [0.15, 0.2) is 0 Å². The van der Waals surface area contributed by atoms with E-state index in [-0.39, 0.29) is 6.10 Å². The van der Waals surface area contributed by atoms with Crippen LogP contribution in [0.4, 0.5) is 0 Å². The van der Waals surface area contributed by atoms with Crippen LogP contribution in [0.5, 0.6) is 0 Å². The van der Waals surface area contributed by atoms with Gasteiger partial charge in [-0.25, -0.2) is 0 Å². The fourth-order valence-corrected chi connectivity index (χ4v) is 1.89. The predicted octanol–water partition coefficient (Wildman–Crippen LogP) is -0.700. The van der Waals surface area contributed by atoms with E-state index in [9.17, 15) is 4.79 Å². The van der Waals surface area contributed by atoms with Crippen molar-refractivity contribution in [3.63, 3.8) is 0 Å². The number of ether oxygens (including phenoxy) is 1. The summed E-state index contributed by atoms with van der Waals surface area (Å²) in [5.41, 5.74) is 10.1. The zero-order valence-corrected chi connectivity index (χ0v) is 9.53. The number of amides is 1. The number of hydrogen-bond donors (Lipinski definition) is 2. The Labute approximate surface area is 90.7 Å². The van der Waals surface area contributed by atoms with Crippen molar-refractivity contribution in [1.29, 1.82) is 0 Å². The van der Waals surface area contributed by atoms with Gasteiger partial charge in [-0.2, -0.15) is 0 Å². The second-order valence-electron chi connectivity index (χ2n) is 4.52. The Kier molecular flexibility index (Phi) is 4.07. The lowest BCUT2D eigenvalue weighted by Crippen LogP contribution is -2.58. The Morgan fingerprint density at radius 2 is 2.33 bits per heavy atom. The molecule has 0 saturated carbocycles. The first-order valence-electron chi connectivity index (χ1n) is 5.29. The van der Waals surface area contributed by atoms with Crippen LogP contribution in [0.2, 0.25) is 0 Å². The lowest BCUT2D eigenvalue weighted by atomic mass is 10.00. The highest BCUT2D eigenvalue weighted by molar-refractivity contribution is 5.84. The standard InChI is InChI=1S/C10H21N3O2/c1-10(12,9(11)14)7-13-5-3-4-8(6-13)15-2/h8H,3-7,12H2,1-2H3,(H2,11,14). The second kappa shape index (κ2) is 4.92. The van der Waals surface area contributed by atoms with Gasteiger partial charge in [0.2, 0.25) is 5.91 Å². The Morgan fingerprint density at radius 3 is 2.87 bits per heavy atom. The minimum Gasteiger partial charge on any atom is -0.380 e. The Bertz CT molecular complexity index is 231. The number of primary amides is 1. The molecule has 1 fully saturated rings. The first-order chi connectivity index (χ1) is 6.95. The third-order valence-corrected chi connectivity index (χ3v) is 2.91. The summed E-state index contributed by atoms with van der Waals surface area (Å²) in [6.07, 6.45) is 2.40. The van der Waals surface area contributed by atoms with Crippen molar-refractivity contribution in [2.24, 2.45) is 11.5 Å². The van der Waals surface area contributed by atoms with E-state index in [2.05, 4.69) is 4.90 Å². The van der Waals surface area contributed by atoms with E-state index in [1.54, 1.807) is 14.0 Å². The normalized spacial score (nSPS) is 27.3. The van der Waals surface area contributed by atoms with Crippen LogP contribution in [0.3, 0.4) is 0 Å². The fraction of sp³-hybridized carbons (Fsp3) is 0.900. The molecule has 0 aromatic rings. The molecular formula is C10H21N3O2. The summed E-state index contributed by atoms with van der Waals surface area (Å²) in [7, 11) is 1.71. The average molecular weight is 215 g/mol.